The monoisotopic (exact) mass is 679 g/mol. The largest absolute Gasteiger partial charge is 0.494 e. The summed E-state index contributed by atoms with van der Waals surface area (Å²) in [5.41, 5.74) is 0.983. The number of nitrogens with zero attached hydrogens (tertiary/aromatic N) is 5. The van der Waals surface area contributed by atoms with Crippen molar-refractivity contribution in [2.24, 2.45) is 10.9 Å². The molecule has 0 saturated carbocycles. The molecule has 0 aliphatic carbocycles. The second kappa shape index (κ2) is 17.2. The highest BCUT2D eigenvalue weighted by Gasteiger charge is 2.19. The second-order valence-electron chi connectivity index (χ2n) is 10.1. The summed E-state index contributed by atoms with van der Waals surface area (Å²) in [5, 5.41) is 40.3. The SMILES string of the molecule is Cc1ccc(OCCCCCc2cc(NC(=O)c3ccc(=N)n(N)n3)c(C(=O)O)cc2F)cc1NC(=O)c1cc/c(=N/N)n(N)n1.O=CO. The van der Waals surface area contributed by atoms with Crippen molar-refractivity contribution in [3.63, 3.8) is 0 Å². The van der Waals surface area contributed by atoms with Crippen molar-refractivity contribution in [1.82, 2.24) is 19.8 Å². The number of carboxylic acid groups (broad SMARTS) is 2. The van der Waals surface area contributed by atoms with Crippen LogP contribution in [0.15, 0.2) is 59.7 Å². The van der Waals surface area contributed by atoms with Crippen LogP contribution in [0.1, 0.15) is 61.7 Å². The zero-order valence-corrected chi connectivity index (χ0v) is 26.1. The van der Waals surface area contributed by atoms with Gasteiger partial charge in [0, 0.05) is 11.8 Å². The molecule has 49 heavy (non-hydrogen) atoms. The predicted octanol–water partition coefficient (Wildman–Crippen LogP) is 0.904. The lowest BCUT2D eigenvalue weighted by Gasteiger charge is -2.13. The maximum absolute atomic E-state index is 14.8. The van der Waals surface area contributed by atoms with Crippen LogP contribution in [0.4, 0.5) is 15.8 Å². The molecule has 18 nitrogen and oxygen atoms in total. The van der Waals surface area contributed by atoms with Gasteiger partial charge in [0.2, 0.25) is 0 Å². The number of aromatic nitrogens is 4. The molecular weight excluding hydrogens is 645 g/mol. The zero-order valence-electron chi connectivity index (χ0n) is 26.1. The van der Waals surface area contributed by atoms with Gasteiger partial charge >= 0.3 is 5.97 Å². The number of carbonyl (C=O) groups excluding carboxylic acids is 2. The molecule has 2 amide bonds. The minimum atomic E-state index is -1.42. The number of carbonyl (C=O) groups is 4. The molecule has 0 fully saturated rings. The molecule has 2 heterocycles. The van der Waals surface area contributed by atoms with E-state index in [0.29, 0.717) is 42.1 Å². The van der Waals surface area contributed by atoms with E-state index in [1.807, 2.05) is 6.92 Å². The molecule has 0 spiro atoms. The molecule has 19 heteroatoms. The van der Waals surface area contributed by atoms with E-state index in [2.05, 4.69) is 25.9 Å². The summed E-state index contributed by atoms with van der Waals surface area (Å²) in [5.74, 6) is 13.6. The highest BCUT2D eigenvalue weighted by Crippen LogP contribution is 2.25. The summed E-state index contributed by atoms with van der Waals surface area (Å²) in [7, 11) is 0. The molecule has 0 unspecified atom stereocenters. The number of halogens is 1. The molecule has 0 radical (unpaired) electrons. The average molecular weight is 680 g/mol. The quantitative estimate of drug-likeness (QED) is 0.0448. The topological polar surface area (TPSA) is 292 Å². The molecule has 4 rings (SSSR count). The van der Waals surface area contributed by atoms with Gasteiger partial charge in [0.25, 0.3) is 18.3 Å². The number of aromatic carboxylic acids is 1. The lowest BCUT2D eigenvalue weighted by molar-refractivity contribution is -0.122. The molecule has 2 aromatic heterocycles. The highest BCUT2D eigenvalue weighted by atomic mass is 19.1. The minimum absolute atomic E-state index is 0.0602. The Labute approximate surface area is 277 Å². The van der Waals surface area contributed by atoms with E-state index in [1.54, 1.807) is 18.2 Å². The summed E-state index contributed by atoms with van der Waals surface area (Å²) < 4.78 is 20.6. The van der Waals surface area contributed by atoms with Gasteiger partial charge in [-0.25, -0.2) is 9.18 Å². The molecule has 0 aliphatic rings. The number of ether oxygens (including phenoxy) is 1. The Morgan fingerprint density at radius 1 is 0.959 bits per heavy atom. The summed E-state index contributed by atoms with van der Waals surface area (Å²) in [6, 6.07) is 12.8. The Morgan fingerprint density at radius 3 is 2.20 bits per heavy atom. The number of amides is 2. The zero-order chi connectivity index (χ0) is 36.1. The van der Waals surface area contributed by atoms with E-state index in [0.717, 1.165) is 16.4 Å². The van der Waals surface area contributed by atoms with Crippen molar-refractivity contribution in [3.8, 4) is 5.75 Å². The maximum atomic E-state index is 14.8. The van der Waals surface area contributed by atoms with Gasteiger partial charge < -0.3 is 43.1 Å². The van der Waals surface area contributed by atoms with Crippen molar-refractivity contribution >= 4 is 35.6 Å². The van der Waals surface area contributed by atoms with E-state index < -0.39 is 29.2 Å². The fourth-order valence-electron chi connectivity index (χ4n) is 4.28. The lowest BCUT2D eigenvalue weighted by atomic mass is 10.0. The number of unbranched alkanes of at least 4 members (excludes halogenated alkanes) is 2. The Morgan fingerprint density at radius 2 is 1.59 bits per heavy atom. The van der Waals surface area contributed by atoms with Crippen LogP contribution in [-0.2, 0) is 11.2 Å². The van der Waals surface area contributed by atoms with Crippen LogP contribution in [0, 0.1) is 18.2 Å². The van der Waals surface area contributed by atoms with E-state index in [-0.39, 0.29) is 46.5 Å². The van der Waals surface area contributed by atoms with Crippen LogP contribution in [-0.4, -0.2) is 60.9 Å². The number of anilines is 2. The number of benzene rings is 2. The Bertz CT molecular complexity index is 1980. The van der Waals surface area contributed by atoms with Crippen molar-refractivity contribution in [1.29, 1.82) is 5.41 Å². The number of rotatable bonds is 12. The molecule has 0 atom stereocenters. The van der Waals surface area contributed by atoms with E-state index in [1.165, 1.54) is 30.3 Å². The number of carboxylic acids is 1. The first kappa shape index (κ1) is 36.7. The Balaban J connectivity index is 0.00000209. The summed E-state index contributed by atoms with van der Waals surface area (Å²) in [6.45, 7) is 1.93. The van der Waals surface area contributed by atoms with Gasteiger partial charge in [-0.15, -0.1) is 10.2 Å². The first-order chi connectivity index (χ1) is 23.4. The molecular formula is C30H34FN11O7. The molecule has 258 valence electrons. The van der Waals surface area contributed by atoms with Crippen molar-refractivity contribution < 1.29 is 38.5 Å². The fourth-order valence-corrected chi connectivity index (χ4v) is 4.28. The van der Waals surface area contributed by atoms with E-state index >= 15 is 0 Å². The van der Waals surface area contributed by atoms with Gasteiger partial charge in [0.05, 0.1) is 17.9 Å². The van der Waals surface area contributed by atoms with Gasteiger partial charge in [0.1, 0.15) is 11.6 Å². The van der Waals surface area contributed by atoms with Gasteiger partial charge in [-0.05, 0) is 86.2 Å². The first-order valence-corrected chi connectivity index (χ1v) is 14.4. The molecule has 0 bridgehead atoms. The molecule has 4 aromatic rings. The lowest BCUT2D eigenvalue weighted by Crippen LogP contribution is -2.33. The van der Waals surface area contributed by atoms with Crippen molar-refractivity contribution in [2.75, 3.05) is 28.9 Å². The first-order valence-electron chi connectivity index (χ1n) is 14.4. The third kappa shape index (κ3) is 10.1. The van der Waals surface area contributed by atoms with Crippen molar-refractivity contribution in [2.45, 2.75) is 32.6 Å². The highest BCUT2D eigenvalue weighted by molar-refractivity contribution is 6.06. The van der Waals surface area contributed by atoms with Gasteiger partial charge in [0.15, 0.2) is 22.4 Å². The maximum Gasteiger partial charge on any atom is 0.337 e. The standard InChI is InChI=1S/C29H32FN11O5.CH2O2/c1-16-6-7-18(14-23(16)35-27(42)22-9-11-26(37-32)41(34)39-22)46-12-4-2-3-5-17-13-24(19(29(44)45)15-20(17)30)36-28(43)21-8-10-25(31)40(33)38-21;2-1-3/h6-11,13-15,31H,2-5,12,32-34H2,1H3,(H,35,42)(H,36,43)(H,44,45);1H,(H,2,3)/b31-25?,37-26-;. The van der Waals surface area contributed by atoms with Crippen LogP contribution in [0.3, 0.4) is 0 Å². The van der Waals surface area contributed by atoms with E-state index in [9.17, 15) is 23.9 Å². The molecule has 0 saturated heterocycles. The number of nitrogens with two attached hydrogens (primary N) is 3. The van der Waals surface area contributed by atoms with Gasteiger partial charge in [-0.1, -0.05) is 6.07 Å². The normalized spacial score (nSPS) is 10.8. The van der Waals surface area contributed by atoms with Crippen LogP contribution < -0.4 is 43.9 Å². The van der Waals surface area contributed by atoms with Crippen LogP contribution in [0.2, 0.25) is 0 Å². The number of hydrogen-bond donors (Lipinski definition) is 8. The van der Waals surface area contributed by atoms with E-state index in [4.69, 9.17) is 37.6 Å². The second-order valence-corrected chi connectivity index (χ2v) is 10.1. The van der Waals surface area contributed by atoms with Gasteiger partial charge in [-0.2, -0.15) is 14.7 Å². The third-order valence-electron chi connectivity index (χ3n) is 6.78. The average Bonchev–Trinajstić information content (AvgIpc) is 3.06. The number of aryl methyl sites for hydroxylation is 2. The third-order valence-corrected chi connectivity index (χ3v) is 6.78. The molecule has 11 N–H and O–H groups in total. The predicted molar refractivity (Wildman–Crippen MR) is 173 cm³/mol. The minimum Gasteiger partial charge on any atom is -0.494 e. The Kier molecular flexibility index (Phi) is 12.9. The number of hydrogen-bond acceptors (Lipinski definition) is 12. The van der Waals surface area contributed by atoms with Crippen LogP contribution in [0.25, 0.3) is 0 Å². The molecule has 2 aromatic carbocycles. The van der Waals surface area contributed by atoms with Gasteiger partial charge in [-0.3, -0.25) is 19.8 Å². The number of nitrogen functional groups attached to an aromatic ring is 2. The van der Waals surface area contributed by atoms with Crippen molar-refractivity contribution in [3.05, 3.63) is 99.5 Å². The number of nitrogens with one attached hydrogen (secondary N) is 3. The van der Waals surface area contributed by atoms with Crippen LogP contribution in [0.5, 0.6) is 5.75 Å². The fraction of sp³-hybridized carbons (Fsp3) is 0.200. The smallest absolute Gasteiger partial charge is 0.337 e. The van der Waals surface area contributed by atoms with Crippen LogP contribution >= 0.6 is 0 Å². The molecule has 0 aliphatic heterocycles. The summed E-state index contributed by atoms with van der Waals surface area (Å²) in [4.78, 5) is 47.0. The summed E-state index contributed by atoms with van der Waals surface area (Å²) >= 11 is 0. The summed E-state index contributed by atoms with van der Waals surface area (Å²) in [6.07, 6.45) is 2.12. The Hall–Kier alpha value is -6.79.